The van der Waals surface area contributed by atoms with Crippen molar-refractivity contribution < 1.29 is 9.90 Å². The molecule has 1 aromatic heterocycles. The van der Waals surface area contributed by atoms with Crippen LogP contribution < -0.4 is 5.32 Å². The van der Waals surface area contributed by atoms with Gasteiger partial charge in [-0.2, -0.15) is 0 Å². The van der Waals surface area contributed by atoms with Gasteiger partial charge in [-0.15, -0.1) is 0 Å². The second kappa shape index (κ2) is 6.37. The van der Waals surface area contributed by atoms with E-state index < -0.39 is 0 Å². The number of aryl methyl sites for hydroxylation is 1. The number of amides is 1. The minimum Gasteiger partial charge on any atom is -0.508 e. The number of phenolic OH excluding ortho intramolecular Hbond substituents is 1. The number of rotatable bonds is 3. The van der Waals surface area contributed by atoms with Crippen LogP contribution in [0.25, 0.3) is 16.7 Å². The lowest BCUT2D eigenvalue weighted by atomic mass is 10.1. The number of para-hydroxylation sites is 1. The number of aromatic hydroxyl groups is 1. The lowest BCUT2D eigenvalue weighted by Crippen LogP contribution is -2.11. The van der Waals surface area contributed by atoms with Crippen molar-refractivity contribution in [1.29, 1.82) is 0 Å². The maximum atomic E-state index is 12.5. The van der Waals surface area contributed by atoms with E-state index in [2.05, 4.69) is 14.9 Å². The monoisotopic (exact) mass is 343 g/mol. The van der Waals surface area contributed by atoms with E-state index in [1.165, 1.54) is 12.1 Å². The third kappa shape index (κ3) is 2.91. The van der Waals surface area contributed by atoms with Crippen molar-refractivity contribution in [2.45, 2.75) is 6.92 Å². The first kappa shape index (κ1) is 15.9. The van der Waals surface area contributed by atoms with Crippen molar-refractivity contribution in [2.24, 2.45) is 0 Å². The van der Waals surface area contributed by atoms with Crippen LogP contribution in [0.2, 0.25) is 0 Å². The summed E-state index contributed by atoms with van der Waals surface area (Å²) in [7, 11) is 0. The van der Waals surface area contributed by atoms with Gasteiger partial charge in [-0.3, -0.25) is 9.36 Å². The third-order valence-corrected chi connectivity index (χ3v) is 4.22. The molecule has 0 atom stereocenters. The molecule has 4 aromatic rings. The highest BCUT2D eigenvalue weighted by Gasteiger charge is 2.13. The number of hydrogen-bond donors (Lipinski definition) is 2. The molecule has 2 N–H and O–H groups in total. The van der Waals surface area contributed by atoms with E-state index in [4.69, 9.17) is 0 Å². The first-order chi connectivity index (χ1) is 12.6. The van der Waals surface area contributed by atoms with Gasteiger partial charge in [0, 0.05) is 16.9 Å². The number of carbonyl (C=O) groups is 1. The first-order valence-corrected chi connectivity index (χ1v) is 8.27. The van der Waals surface area contributed by atoms with Gasteiger partial charge in [0.2, 0.25) is 0 Å². The number of phenols is 1. The average Bonchev–Trinajstić information content (AvgIpc) is 2.99. The van der Waals surface area contributed by atoms with Gasteiger partial charge in [-0.25, -0.2) is 4.98 Å². The Morgan fingerprint density at radius 3 is 2.46 bits per heavy atom. The zero-order valence-electron chi connectivity index (χ0n) is 14.2. The van der Waals surface area contributed by atoms with Gasteiger partial charge >= 0.3 is 0 Å². The Morgan fingerprint density at radius 2 is 1.73 bits per heavy atom. The standard InChI is InChI=1S/C21H17N3O2/c1-14-22-19-13-15(21(26)23-16-8-10-18(25)11-9-16)7-12-20(19)24(14)17-5-3-2-4-6-17/h2-13,25H,1H3,(H,23,26). The number of hydrogen-bond acceptors (Lipinski definition) is 3. The highest BCUT2D eigenvalue weighted by atomic mass is 16.3. The number of nitrogens with one attached hydrogen (secondary N) is 1. The van der Waals surface area contributed by atoms with Gasteiger partial charge in [0.25, 0.3) is 5.91 Å². The van der Waals surface area contributed by atoms with Gasteiger partial charge in [-0.1, -0.05) is 18.2 Å². The Balaban J connectivity index is 1.68. The number of fused-ring (bicyclic) bond motifs is 1. The van der Waals surface area contributed by atoms with E-state index in [0.29, 0.717) is 11.3 Å². The fourth-order valence-corrected chi connectivity index (χ4v) is 2.99. The molecule has 0 fully saturated rings. The molecule has 0 radical (unpaired) electrons. The molecule has 0 spiro atoms. The Bertz CT molecular complexity index is 1080. The Kier molecular flexibility index (Phi) is 3.89. The molecule has 128 valence electrons. The molecular formula is C21H17N3O2. The summed E-state index contributed by atoms with van der Waals surface area (Å²) in [6, 6.07) is 21.9. The Hall–Kier alpha value is -3.60. The smallest absolute Gasteiger partial charge is 0.255 e. The fourth-order valence-electron chi connectivity index (χ4n) is 2.99. The molecule has 0 bridgehead atoms. The van der Waals surface area contributed by atoms with E-state index in [1.54, 1.807) is 24.3 Å². The lowest BCUT2D eigenvalue weighted by molar-refractivity contribution is 0.102. The molecule has 3 aromatic carbocycles. The molecule has 5 heteroatoms. The normalized spacial score (nSPS) is 10.8. The molecule has 0 aliphatic carbocycles. The SMILES string of the molecule is Cc1nc2cc(C(=O)Nc3ccc(O)cc3)ccc2n1-c1ccccc1. The molecule has 1 heterocycles. The number of anilines is 1. The van der Waals surface area contributed by atoms with Crippen LogP contribution in [0, 0.1) is 6.92 Å². The van der Waals surface area contributed by atoms with E-state index in [0.717, 1.165) is 22.5 Å². The highest BCUT2D eigenvalue weighted by Crippen LogP contribution is 2.23. The van der Waals surface area contributed by atoms with Crippen molar-refractivity contribution in [3.8, 4) is 11.4 Å². The van der Waals surface area contributed by atoms with Crippen molar-refractivity contribution in [1.82, 2.24) is 9.55 Å². The largest absolute Gasteiger partial charge is 0.508 e. The molecule has 1 amide bonds. The van der Waals surface area contributed by atoms with Crippen molar-refractivity contribution in [2.75, 3.05) is 5.32 Å². The summed E-state index contributed by atoms with van der Waals surface area (Å²) in [5.74, 6) is 0.804. The van der Waals surface area contributed by atoms with E-state index in [-0.39, 0.29) is 11.7 Å². The number of nitrogens with zero attached hydrogens (tertiary/aromatic N) is 2. The van der Waals surface area contributed by atoms with Crippen molar-refractivity contribution >= 4 is 22.6 Å². The van der Waals surface area contributed by atoms with Gasteiger partial charge < -0.3 is 10.4 Å². The molecule has 26 heavy (non-hydrogen) atoms. The van der Waals surface area contributed by atoms with Crippen molar-refractivity contribution in [3.05, 3.63) is 84.2 Å². The number of benzene rings is 3. The van der Waals surface area contributed by atoms with Crippen LogP contribution >= 0.6 is 0 Å². The van der Waals surface area contributed by atoms with Gasteiger partial charge in [0.15, 0.2) is 0 Å². The zero-order chi connectivity index (χ0) is 18.1. The third-order valence-electron chi connectivity index (χ3n) is 4.22. The van der Waals surface area contributed by atoms with E-state index >= 15 is 0 Å². The van der Waals surface area contributed by atoms with Crippen LogP contribution in [0.3, 0.4) is 0 Å². The first-order valence-electron chi connectivity index (χ1n) is 8.27. The molecular weight excluding hydrogens is 326 g/mol. The number of aromatic nitrogens is 2. The van der Waals surface area contributed by atoms with Crippen molar-refractivity contribution in [3.63, 3.8) is 0 Å². The molecule has 0 saturated carbocycles. The predicted octanol–water partition coefficient (Wildman–Crippen LogP) is 4.29. The summed E-state index contributed by atoms with van der Waals surface area (Å²) < 4.78 is 2.07. The summed E-state index contributed by atoms with van der Waals surface area (Å²) >= 11 is 0. The molecule has 5 nitrogen and oxygen atoms in total. The topological polar surface area (TPSA) is 67.2 Å². The number of imidazole rings is 1. The van der Waals surface area contributed by atoms with Gasteiger partial charge in [0.1, 0.15) is 11.6 Å². The zero-order valence-corrected chi connectivity index (χ0v) is 14.2. The summed E-state index contributed by atoms with van der Waals surface area (Å²) in [4.78, 5) is 17.1. The minimum atomic E-state index is -0.218. The summed E-state index contributed by atoms with van der Waals surface area (Å²) in [6.07, 6.45) is 0. The van der Waals surface area contributed by atoms with Crippen LogP contribution in [0.1, 0.15) is 16.2 Å². The fraction of sp³-hybridized carbons (Fsp3) is 0.0476. The second-order valence-corrected chi connectivity index (χ2v) is 6.03. The van der Waals surface area contributed by atoms with Crippen LogP contribution in [0.15, 0.2) is 72.8 Å². The Morgan fingerprint density at radius 1 is 1.00 bits per heavy atom. The van der Waals surface area contributed by atoms with Crippen LogP contribution in [0.5, 0.6) is 5.75 Å². The molecule has 4 rings (SSSR count). The highest BCUT2D eigenvalue weighted by molar-refractivity contribution is 6.06. The van der Waals surface area contributed by atoms with Gasteiger partial charge in [-0.05, 0) is 61.5 Å². The Labute approximate surface area is 150 Å². The summed E-state index contributed by atoms with van der Waals surface area (Å²) in [5.41, 5.74) is 3.91. The second-order valence-electron chi connectivity index (χ2n) is 6.03. The number of carbonyl (C=O) groups excluding carboxylic acids is 1. The lowest BCUT2D eigenvalue weighted by Gasteiger charge is -2.07. The van der Waals surface area contributed by atoms with Gasteiger partial charge in [0.05, 0.1) is 11.0 Å². The minimum absolute atomic E-state index is 0.159. The maximum absolute atomic E-state index is 12.5. The molecule has 0 unspecified atom stereocenters. The van der Waals surface area contributed by atoms with Crippen LogP contribution in [-0.4, -0.2) is 20.6 Å². The van der Waals surface area contributed by atoms with Crippen LogP contribution in [-0.2, 0) is 0 Å². The predicted molar refractivity (Wildman–Crippen MR) is 102 cm³/mol. The van der Waals surface area contributed by atoms with Crippen LogP contribution in [0.4, 0.5) is 5.69 Å². The van der Waals surface area contributed by atoms with E-state index in [9.17, 15) is 9.90 Å². The summed E-state index contributed by atoms with van der Waals surface area (Å²) in [5, 5.41) is 12.1. The quantitative estimate of drug-likeness (QED) is 0.545. The summed E-state index contributed by atoms with van der Waals surface area (Å²) in [6.45, 7) is 1.95. The maximum Gasteiger partial charge on any atom is 0.255 e. The molecule has 0 aliphatic heterocycles. The molecule has 0 aliphatic rings. The van der Waals surface area contributed by atoms with E-state index in [1.807, 2.05) is 43.3 Å². The molecule has 0 saturated heterocycles. The average molecular weight is 343 g/mol.